The zero-order valence-electron chi connectivity index (χ0n) is 8.28. The van der Waals surface area contributed by atoms with E-state index in [2.05, 4.69) is 0 Å². The lowest BCUT2D eigenvalue weighted by Crippen LogP contribution is -2.34. The lowest BCUT2D eigenvalue weighted by atomic mass is 10.4. The molecule has 2 radical (unpaired) electrons. The van der Waals surface area contributed by atoms with Crippen LogP contribution in [0, 0.1) is 6.92 Å². The van der Waals surface area contributed by atoms with E-state index in [9.17, 15) is 4.79 Å². The smallest absolute Gasteiger partial charge is 0.151 e. The summed E-state index contributed by atoms with van der Waals surface area (Å²) in [6.07, 6.45) is 0. The van der Waals surface area contributed by atoms with Crippen molar-refractivity contribution in [2.75, 3.05) is 47.1 Å². The number of carbonyl (C=O) groups excluding carboxylic acids is 1. The molecule has 0 saturated carbocycles. The summed E-state index contributed by atoms with van der Waals surface area (Å²) in [7, 11) is 3.25. The van der Waals surface area contributed by atoms with Gasteiger partial charge >= 0.3 is 0 Å². The molecule has 0 rings (SSSR count). The van der Waals surface area contributed by atoms with Crippen LogP contribution in [0.25, 0.3) is 0 Å². The molecule has 0 aromatic carbocycles. The van der Waals surface area contributed by atoms with Crippen molar-refractivity contribution in [1.82, 2.24) is 4.90 Å². The average molecular weight is 187 g/mol. The number of methoxy groups -OCH3 is 2. The number of ketones is 1. The van der Waals surface area contributed by atoms with Crippen LogP contribution in [0.3, 0.4) is 0 Å². The molecule has 0 atom stereocenters. The molecular weight excluding hydrogens is 170 g/mol. The Bertz CT molecular complexity index is 131. The van der Waals surface area contributed by atoms with Gasteiger partial charge in [-0.05, 0) is 0 Å². The molecule has 0 saturated heterocycles. The fourth-order valence-corrected chi connectivity index (χ4v) is 0.931. The van der Waals surface area contributed by atoms with Gasteiger partial charge in [-0.1, -0.05) is 0 Å². The third-order valence-electron chi connectivity index (χ3n) is 1.60. The molecule has 0 aliphatic rings. The zero-order valence-corrected chi connectivity index (χ0v) is 8.28. The number of rotatable bonds is 8. The standard InChI is InChI=1S/C9H17NO3/c1-9(11)8-10(4-6-12-2)5-7-13-3/h1H,4-8H2,2-3H3. The predicted octanol–water partition coefficient (Wildman–Crippen LogP) is -0.139. The second-order valence-corrected chi connectivity index (χ2v) is 2.73. The molecule has 13 heavy (non-hydrogen) atoms. The molecule has 0 amide bonds. The topological polar surface area (TPSA) is 38.8 Å². The van der Waals surface area contributed by atoms with Gasteiger partial charge in [0.15, 0.2) is 5.78 Å². The van der Waals surface area contributed by atoms with Crippen molar-refractivity contribution < 1.29 is 14.3 Å². The molecule has 0 aromatic heterocycles. The number of hydrogen-bond acceptors (Lipinski definition) is 4. The largest absolute Gasteiger partial charge is 0.383 e. The summed E-state index contributed by atoms with van der Waals surface area (Å²) in [5, 5.41) is 0. The molecule has 0 N–H and O–H groups in total. The van der Waals surface area contributed by atoms with Crippen molar-refractivity contribution in [3.05, 3.63) is 6.92 Å². The van der Waals surface area contributed by atoms with Crippen LogP contribution >= 0.6 is 0 Å². The zero-order chi connectivity index (χ0) is 10.1. The molecule has 0 aliphatic heterocycles. The van der Waals surface area contributed by atoms with Gasteiger partial charge in [-0.3, -0.25) is 9.69 Å². The van der Waals surface area contributed by atoms with Crippen LogP contribution in [-0.4, -0.2) is 57.8 Å². The summed E-state index contributed by atoms with van der Waals surface area (Å²) in [4.78, 5) is 12.5. The minimum absolute atomic E-state index is 0.257. The Morgan fingerprint density at radius 1 is 1.23 bits per heavy atom. The van der Waals surface area contributed by atoms with Crippen LogP contribution in [0.1, 0.15) is 0 Å². The van der Waals surface area contributed by atoms with Gasteiger partial charge in [0.2, 0.25) is 0 Å². The van der Waals surface area contributed by atoms with Crippen LogP contribution in [0.15, 0.2) is 0 Å². The molecule has 76 valence electrons. The molecule has 0 spiro atoms. The summed E-state index contributed by atoms with van der Waals surface area (Å²) in [6.45, 7) is 7.91. The highest BCUT2D eigenvalue weighted by atomic mass is 16.5. The summed E-state index contributed by atoms with van der Waals surface area (Å²) in [5.41, 5.74) is 0. The molecule has 4 nitrogen and oxygen atoms in total. The van der Waals surface area contributed by atoms with Crippen LogP contribution in [0.5, 0.6) is 0 Å². The summed E-state index contributed by atoms with van der Waals surface area (Å²) >= 11 is 0. The van der Waals surface area contributed by atoms with Crippen LogP contribution in [0.2, 0.25) is 0 Å². The molecule has 0 heterocycles. The van der Waals surface area contributed by atoms with Gasteiger partial charge in [-0.2, -0.15) is 0 Å². The van der Waals surface area contributed by atoms with Gasteiger partial charge in [-0.15, -0.1) is 0 Å². The van der Waals surface area contributed by atoms with E-state index in [4.69, 9.17) is 16.4 Å². The fraction of sp³-hybridized carbons (Fsp3) is 0.778. The van der Waals surface area contributed by atoms with Crippen molar-refractivity contribution in [1.29, 1.82) is 0 Å². The average Bonchev–Trinajstić information content (AvgIpc) is 2.09. The Morgan fingerprint density at radius 2 is 1.69 bits per heavy atom. The Morgan fingerprint density at radius 3 is 2.00 bits per heavy atom. The van der Waals surface area contributed by atoms with E-state index in [0.29, 0.717) is 26.3 Å². The van der Waals surface area contributed by atoms with Crippen LogP contribution < -0.4 is 0 Å². The SMILES string of the molecule is [CH]C(=O)CN(CCOC)CCOC. The molecule has 4 heteroatoms. The lowest BCUT2D eigenvalue weighted by Gasteiger charge is -2.19. The van der Waals surface area contributed by atoms with Crippen molar-refractivity contribution in [3.63, 3.8) is 0 Å². The molecule has 0 unspecified atom stereocenters. The Balaban J connectivity index is 3.66. The highest BCUT2D eigenvalue weighted by Crippen LogP contribution is 1.89. The van der Waals surface area contributed by atoms with Crippen molar-refractivity contribution in [3.8, 4) is 0 Å². The first kappa shape index (κ1) is 12.6. The van der Waals surface area contributed by atoms with Gasteiger partial charge in [-0.25, -0.2) is 0 Å². The summed E-state index contributed by atoms with van der Waals surface area (Å²) in [5.74, 6) is -0.327. The summed E-state index contributed by atoms with van der Waals surface area (Å²) < 4.78 is 9.80. The van der Waals surface area contributed by atoms with Crippen molar-refractivity contribution >= 4 is 5.78 Å². The second kappa shape index (κ2) is 8.16. The van der Waals surface area contributed by atoms with Crippen LogP contribution in [-0.2, 0) is 14.3 Å². The van der Waals surface area contributed by atoms with E-state index in [1.807, 2.05) is 4.90 Å². The molecular formula is C9H17NO3. The first-order valence-electron chi connectivity index (χ1n) is 4.19. The number of carbonyl (C=O) groups is 1. The van der Waals surface area contributed by atoms with E-state index in [1.54, 1.807) is 14.2 Å². The van der Waals surface area contributed by atoms with E-state index >= 15 is 0 Å². The first-order chi connectivity index (χ1) is 6.20. The van der Waals surface area contributed by atoms with Gasteiger partial charge in [0, 0.05) is 34.2 Å². The maximum Gasteiger partial charge on any atom is 0.151 e. The second-order valence-electron chi connectivity index (χ2n) is 2.73. The lowest BCUT2D eigenvalue weighted by molar-refractivity contribution is -0.116. The van der Waals surface area contributed by atoms with E-state index in [-0.39, 0.29) is 12.3 Å². The molecule has 0 bridgehead atoms. The van der Waals surface area contributed by atoms with Crippen molar-refractivity contribution in [2.24, 2.45) is 0 Å². The maximum atomic E-state index is 10.6. The van der Waals surface area contributed by atoms with E-state index in [0.717, 1.165) is 0 Å². The molecule has 0 aliphatic carbocycles. The van der Waals surface area contributed by atoms with E-state index < -0.39 is 0 Å². The van der Waals surface area contributed by atoms with Gasteiger partial charge in [0.05, 0.1) is 19.8 Å². The molecule has 0 aromatic rings. The van der Waals surface area contributed by atoms with Crippen molar-refractivity contribution in [2.45, 2.75) is 0 Å². The third-order valence-corrected chi connectivity index (χ3v) is 1.60. The summed E-state index contributed by atoms with van der Waals surface area (Å²) in [6, 6.07) is 0. The molecule has 0 fully saturated rings. The van der Waals surface area contributed by atoms with Gasteiger partial charge in [0.1, 0.15) is 0 Å². The quantitative estimate of drug-likeness (QED) is 0.530. The van der Waals surface area contributed by atoms with E-state index in [1.165, 1.54) is 0 Å². The maximum absolute atomic E-state index is 10.6. The van der Waals surface area contributed by atoms with Gasteiger partial charge < -0.3 is 9.47 Å². The number of hydrogen-bond donors (Lipinski definition) is 0. The highest BCUT2D eigenvalue weighted by Gasteiger charge is 2.06. The number of ether oxygens (including phenoxy) is 2. The monoisotopic (exact) mass is 187 g/mol. The Hall–Kier alpha value is -0.450. The normalized spacial score (nSPS) is 10.8. The minimum atomic E-state index is -0.327. The number of Topliss-reactive ketones (excluding diaryl/α,β-unsaturated/α-hetero) is 1. The van der Waals surface area contributed by atoms with Crippen LogP contribution in [0.4, 0.5) is 0 Å². The number of nitrogens with zero attached hydrogens (tertiary/aromatic N) is 1. The Kier molecular flexibility index (Phi) is 7.88. The highest BCUT2D eigenvalue weighted by molar-refractivity contribution is 5.84. The Labute approximate surface area is 79.8 Å². The fourth-order valence-electron chi connectivity index (χ4n) is 0.931. The van der Waals surface area contributed by atoms with Gasteiger partial charge in [0.25, 0.3) is 0 Å². The first-order valence-corrected chi connectivity index (χ1v) is 4.19. The predicted molar refractivity (Wildman–Crippen MR) is 49.5 cm³/mol. The minimum Gasteiger partial charge on any atom is -0.383 e. The third kappa shape index (κ3) is 7.90.